The van der Waals surface area contributed by atoms with Crippen molar-refractivity contribution in [3.8, 4) is 0 Å². The summed E-state index contributed by atoms with van der Waals surface area (Å²) < 4.78 is 5.47. The summed E-state index contributed by atoms with van der Waals surface area (Å²) in [5, 5.41) is 4.84. The number of fused-ring (bicyclic) bond motifs is 3. The predicted octanol–water partition coefficient (Wildman–Crippen LogP) is 2.44. The van der Waals surface area contributed by atoms with Crippen molar-refractivity contribution in [2.75, 3.05) is 51.3 Å². The molecule has 1 aliphatic carbocycles. The molecule has 4 heterocycles. The van der Waals surface area contributed by atoms with Crippen LogP contribution in [0.1, 0.15) is 41.9 Å². The molecule has 0 bridgehead atoms. The van der Waals surface area contributed by atoms with E-state index in [9.17, 15) is 4.79 Å². The van der Waals surface area contributed by atoms with Gasteiger partial charge < -0.3 is 15.0 Å². The summed E-state index contributed by atoms with van der Waals surface area (Å²) in [5.41, 5.74) is 1.46. The van der Waals surface area contributed by atoms with Gasteiger partial charge in [0.1, 0.15) is 16.5 Å². The number of anilines is 1. The maximum atomic E-state index is 11.8. The molecule has 0 spiro atoms. The number of thiophene rings is 1. The number of nitrogens with zero attached hydrogens (tertiary/aromatic N) is 4. The van der Waals surface area contributed by atoms with E-state index >= 15 is 0 Å². The number of hydrogen-bond donors (Lipinski definition) is 1. The number of aromatic nitrogens is 2. The summed E-state index contributed by atoms with van der Waals surface area (Å²) in [4.78, 5) is 28.7. The van der Waals surface area contributed by atoms with Crippen LogP contribution in [0.3, 0.4) is 0 Å². The summed E-state index contributed by atoms with van der Waals surface area (Å²) in [6.45, 7) is 6.81. The van der Waals surface area contributed by atoms with Crippen molar-refractivity contribution < 1.29 is 9.53 Å². The second-order valence-corrected chi connectivity index (χ2v) is 9.26. The van der Waals surface area contributed by atoms with E-state index < -0.39 is 0 Å². The summed E-state index contributed by atoms with van der Waals surface area (Å²) in [6.07, 6.45) is 6.21. The van der Waals surface area contributed by atoms with Crippen LogP contribution < -0.4 is 5.32 Å². The minimum absolute atomic E-state index is 0.304. The molecular weight excluding hydrogens is 386 g/mol. The number of nitrogens with one attached hydrogen (secondary N) is 1. The fraction of sp³-hybridized carbons (Fsp3) is 0.667. The van der Waals surface area contributed by atoms with Gasteiger partial charge in [-0.15, -0.1) is 11.3 Å². The number of likely N-dealkylation sites (tertiary alicyclic amines) is 1. The fourth-order valence-electron chi connectivity index (χ4n) is 4.62. The Bertz CT molecular complexity index is 893. The largest absolute Gasteiger partial charge is 0.379 e. The van der Waals surface area contributed by atoms with E-state index in [-0.39, 0.29) is 0 Å². The third-order valence-corrected chi connectivity index (χ3v) is 7.33. The summed E-state index contributed by atoms with van der Waals surface area (Å²) in [5.74, 6) is 2.19. The average Bonchev–Trinajstić information content (AvgIpc) is 3.42. The van der Waals surface area contributed by atoms with Crippen molar-refractivity contribution in [2.45, 2.75) is 45.1 Å². The zero-order valence-corrected chi connectivity index (χ0v) is 17.7. The van der Waals surface area contributed by atoms with Gasteiger partial charge in [-0.05, 0) is 37.7 Å². The Kier molecular flexibility index (Phi) is 5.65. The number of morpholine rings is 1. The van der Waals surface area contributed by atoms with Crippen LogP contribution in [-0.4, -0.2) is 71.6 Å². The molecule has 2 saturated heterocycles. The van der Waals surface area contributed by atoms with Gasteiger partial charge in [-0.25, -0.2) is 9.97 Å². The first-order valence-corrected chi connectivity index (χ1v) is 11.7. The van der Waals surface area contributed by atoms with Gasteiger partial charge in [0, 0.05) is 44.0 Å². The molecule has 0 radical (unpaired) electrons. The van der Waals surface area contributed by atoms with E-state index in [1.54, 1.807) is 0 Å². The van der Waals surface area contributed by atoms with E-state index in [1.807, 2.05) is 16.2 Å². The zero-order valence-electron chi connectivity index (χ0n) is 16.9. The molecule has 29 heavy (non-hydrogen) atoms. The second kappa shape index (κ2) is 8.53. The molecule has 1 amide bonds. The smallest absolute Gasteiger partial charge is 0.222 e. The number of amides is 1. The van der Waals surface area contributed by atoms with Crippen LogP contribution in [0.25, 0.3) is 10.2 Å². The van der Waals surface area contributed by atoms with Crippen molar-refractivity contribution in [3.63, 3.8) is 0 Å². The number of hydrogen-bond acceptors (Lipinski definition) is 7. The number of ether oxygens (including phenoxy) is 1. The average molecular weight is 416 g/mol. The van der Waals surface area contributed by atoms with Crippen LogP contribution in [0.4, 0.5) is 5.82 Å². The van der Waals surface area contributed by atoms with Crippen LogP contribution in [0, 0.1) is 0 Å². The van der Waals surface area contributed by atoms with Crippen LogP contribution in [0.5, 0.6) is 0 Å². The normalized spacial score (nSPS) is 20.0. The van der Waals surface area contributed by atoms with Crippen LogP contribution in [0.15, 0.2) is 0 Å². The highest BCUT2D eigenvalue weighted by Gasteiger charge is 2.23. The minimum atomic E-state index is 0.304. The van der Waals surface area contributed by atoms with Crippen molar-refractivity contribution >= 4 is 33.3 Å². The topological polar surface area (TPSA) is 70.6 Å². The highest BCUT2D eigenvalue weighted by Crippen LogP contribution is 2.39. The highest BCUT2D eigenvalue weighted by atomic mass is 32.1. The Morgan fingerprint density at radius 2 is 1.97 bits per heavy atom. The van der Waals surface area contributed by atoms with Crippen LogP contribution in [0.2, 0.25) is 0 Å². The maximum Gasteiger partial charge on any atom is 0.222 e. The van der Waals surface area contributed by atoms with Crippen molar-refractivity contribution in [1.82, 2.24) is 19.8 Å². The third-order valence-electron chi connectivity index (χ3n) is 6.15. The van der Waals surface area contributed by atoms with Gasteiger partial charge in [-0.1, -0.05) is 0 Å². The molecule has 2 fully saturated rings. The van der Waals surface area contributed by atoms with Gasteiger partial charge in [-0.2, -0.15) is 0 Å². The Labute approximate surface area is 175 Å². The fourth-order valence-corrected chi connectivity index (χ4v) is 5.90. The lowest BCUT2D eigenvalue weighted by Crippen LogP contribution is -2.36. The van der Waals surface area contributed by atoms with Crippen molar-refractivity contribution in [1.29, 1.82) is 0 Å². The first kappa shape index (κ1) is 19.2. The quantitative estimate of drug-likeness (QED) is 0.701. The summed E-state index contributed by atoms with van der Waals surface area (Å²) in [6, 6.07) is 0. The monoisotopic (exact) mass is 415 g/mol. The lowest BCUT2D eigenvalue weighted by atomic mass is 10.2. The van der Waals surface area contributed by atoms with E-state index in [2.05, 4.69) is 10.2 Å². The minimum Gasteiger partial charge on any atom is -0.379 e. The lowest BCUT2D eigenvalue weighted by Gasteiger charge is -2.25. The van der Waals surface area contributed by atoms with Gasteiger partial charge in [0.15, 0.2) is 0 Å². The van der Waals surface area contributed by atoms with Gasteiger partial charge in [0.2, 0.25) is 5.91 Å². The first-order valence-electron chi connectivity index (χ1n) is 10.9. The number of carbonyl (C=O) groups is 1. The molecule has 2 aromatic rings. The Balaban J connectivity index is 1.32. The van der Waals surface area contributed by atoms with E-state index in [4.69, 9.17) is 14.7 Å². The molecule has 7 nitrogen and oxygen atoms in total. The number of rotatable bonds is 7. The van der Waals surface area contributed by atoms with E-state index in [0.29, 0.717) is 12.3 Å². The van der Waals surface area contributed by atoms with Gasteiger partial charge in [-0.3, -0.25) is 9.69 Å². The first-order chi connectivity index (χ1) is 14.3. The van der Waals surface area contributed by atoms with E-state index in [1.165, 1.54) is 28.7 Å². The molecule has 0 atom stereocenters. The van der Waals surface area contributed by atoms with Crippen LogP contribution >= 0.6 is 11.3 Å². The highest BCUT2D eigenvalue weighted by molar-refractivity contribution is 7.19. The number of carbonyl (C=O) groups excluding carboxylic acids is 1. The van der Waals surface area contributed by atoms with Gasteiger partial charge in [0.25, 0.3) is 0 Å². The van der Waals surface area contributed by atoms with Gasteiger partial charge in [0.05, 0.1) is 25.1 Å². The Morgan fingerprint density at radius 1 is 1.07 bits per heavy atom. The molecule has 5 rings (SSSR count). The Morgan fingerprint density at radius 3 is 2.79 bits per heavy atom. The standard InChI is InChI=1S/C21H29N5O2S/c27-18-6-2-8-26(18)9-3-7-22-20-19-15-4-1-5-16(15)29-21(19)24-17(23-20)14-25-10-12-28-13-11-25/h1-14H2,(H,22,23,24). The summed E-state index contributed by atoms with van der Waals surface area (Å²) in [7, 11) is 0. The molecule has 1 N–H and O–H groups in total. The molecule has 3 aliphatic rings. The van der Waals surface area contributed by atoms with E-state index in [0.717, 1.165) is 88.2 Å². The zero-order chi connectivity index (χ0) is 19.6. The summed E-state index contributed by atoms with van der Waals surface area (Å²) >= 11 is 1.85. The SMILES string of the molecule is O=C1CCCN1CCCNc1nc(CN2CCOCC2)nc2sc3c(c12)CCC3. The van der Waals surface area contributed by atoms with Crippen LogP contribution in [-0.2, 0) is 28.9 Å². The van der Waals surface area contributed by atoms with Gasteiger partial charge >= 0.3 is 0 Å². The molecule has 2 aliphatic heterocycles. The molecular formula is C21H29N5O2S. The predicted molar refractivity (Wildman–Crippen MR) is 114 cm³/mol. The third kappa shape index (κ3) is 4.11. The Hall–Kier alpha value is -1.77. The van der Waals surface area contributed by atoms with Crippen molar-refractivity contribution in [2.24, 2.45) is 0 Å². The van der Waals surface area contributed by atoms with Crippen molar-refractivity contribution in [3.05, 3.63) is 16.3 Å². The lowest BCUT2D eigenvalue weighted by molar-refractivity contribution is -0.127. The molecule has 0 saturated carbocycles. The maximum absolute atomic E-state index is 11.8. The molecule has 156 valence electrons. The molecule has 0 unspecified atom stereocenters. The molecule has 2 aromatic heterocycles. The number of aryl methyl sites for hydroxylation is 2. The molecule has 0 aromatic carbocycles. The second-order valence-electron chi connectivity index (χ2n) is 8.18. The molecule has 8 heteroatoms.